The highest BCUT2D eigenvalue weighted by atomic mass is 16.5. The molecular formula is C12H18N2O4. The fraction of sp³-hybridized carbons (Fsp3) is 0.667. The van der Waals surface area contributed by atoms with Gasteiger partial charge in [0.25, 0.3) is 0 Å². The molecule has 0 radical (unpaired) electrons. The zero-order chi connectivity index (χ0) is 13.8. The summed E-state index contributed by atoms with van der Waals surface area (Å²) in [7, 11) is 0. The van der Waals surface area contributed by atoms with Gasteiger partial charge in [-0.3, -0.25) is 0 Å². The third kappa shape index (κ3) is 3.93. The Morgan fingerprint density at radius 2 is 2.22 bits per heavy atom. The highest BCUT2D eigenvalue weighted by Gasteiger charge is 2.42. The Morgan fingerprint density at radius 1 is 1.61 bits per heavy atom. The summed E-state index contributed by atoms with van der Waals surface area (Å²) >= 11 is 0. The highest BCUT2D eigenvalue weighted by molar-refractivity contribution is 5.76. The van der Waals surface area contributed by atoms with Crippen LogP contribution in [0.1, 0.15) is 20.3 Å². The normalized spacial score (nSPS) is 18.4. The maximum Gasteiger partial charge on any atom is 0.329 e. The van der Waals surface area contributed by atoms with E-state index >= 15 is 0 Å². The van der Waals surface area contributed by atoms with Gasteiger partial charge in [0, 0.05) is 12.5 Å². The number of terminal acetylenes is 1. The van der Waals surface area contributed by atoms with Crippen LogP contribution in [-0.2, 0) is 9.53 Å². The summed E-state index contributed by atoms with van der Waals surface area (Å²) in [5.41, 5.74) is -0.564. The van der Waals surface area contributed by atoms with Crippen LogP contribution in [0.3, 0.4) is 0 Å². The van der Waals surface area contributed by atoms with E-state index in [9.17, 15) is 9.59 Å². The second-order valence-electron chi connectivity index (χ2n) is 4.75. The molecular weight excluding hydrogens is 236 g/mol. The molecule has 100 valence electrons. The maximum absolute atomic E-state index is 11.7. The van der Waals surface area contributed by atoms with Crippen molar-refractivity contribution in [2.45, 2.75) is 31.9 Å². The molecule has 2 N–H and O–H groups in total. The first-order valence-electron chi connectivity index (χ1n) is 5.71. The highest BCUT2D eigenvalue weighted by Crippen LogP contribution is 2.24. The van der Waals surface area contributed by atoms with Crippen LogP contribution in [0.5, 0.6) is 0 Å². The van der Waals surface area contributed by atoms with E-state index in [1.54, 1.807) is 11.8 Å². The second-order valence-corrected chi connectivity index (χ2v) is 4.75. The van der Waals surface area contributed by atoms with Crippen LogP contribution in [0.2, 0.25) is 0 Å². The summed E-state index contributed by atoms with van der Waals surface area (Å²) in [6.45, 7) is 4.03. The van der Waals surface area contributed by atoms with Gasteiger partial charge in [-0.25, -0.2) is 9.59 Å². The van der Waals surface area contributed by atoms with E-state index in [-0.39, 0.29) is 18.7 Å². The molecule has 6 heteroatoms. The lowest BCUT2D eigenvalue weighted by Crippen LogP contribution is -2.65. The predicted molar refractivity (Wildman–Crippen MR) is 65.0 cm³/mol. The minimum atomic E-state index is -1.01. The van der Waals surface area contributed by atoms with E-state index in [0.717, 1.165) is 0 Å². The lowest BCUT2D eigenvalue weighted by atomic mass is 9.97. The molecule has 0 aliphatic carbocycles. The number of urea groups is 1. The Bertz CT molecular complexity index is 369. The Balaban J connectivity index is 2.30. The molecule has 1 atom stereocenters. The Hall–Kier alpha value is -1.74. The quantitative estimate of drug-likeness (QED) is 0.691. The van der Waals surface area contributed by atoms with E-state index in [1.807, 2.05) is 6.92 Å². The van der Waals surface area contributed by atoms with Crippen molar-refractivity contribution in [1.82, 2.24) is 10.2 Å². The molecule has 0 aromatic heterocycles. The Labute approximate surface area is 106 Å². The topological polar surface area (TPSA) is 78.9 Å². The summed E-state index contributed by atoms with van der Waals surface area (Å²) in [4.78, 5) is 23.7. The molecule has 1 heterocycles. The summed E-state index contributed by atoms with van der Waals surface area (Å²) in [5, 5.41) is 11.3. The number of likely N-dealkylation sites (tertiary alicyclic amines) is 1. The van der Waals surface area contributed by atoms with Crippen molar-refractivity contribution in [2.75, 3.05) is 19.7 Å². The van der Waals surface area contributed by atoms with E-state index in [0.29, 0.717) is 19.5 Å². The number of aliphatic carboxylic acids is 1. The molecule has 1 saturated heterocycles. The molecule has 1 aliphatic heterocycles. The van der Waals surface area contributed by atoms with Crippen molar-refractivity contribution in [2.24, 2.45) is 0 Å². The molecule has 0 aromatic carbocycles. The van der Waals surface area contributed by atoms with Crippen LogP contribution in [-0.4, -0.2) is 53.3 Å². The van der Waals surface area contributed by atoms with Crippen molar-refractivity contribution in [3.63, 3.8) is 0 Å². The number of carbonyl (C=O) groups is 2. The van der Waals surface area contributed by atoms with Crippen molar-refractivity contribution < 1.29 is 19.4 Å². The number of hydrogen-bond donors (Lipinski definition) is 2. The lowest BCUT2D eigenvalue weighted by molar-refractivity contribution is -0.159. The van der Waals surface area contributed by atoms with E-state index < -0.39 is 11.6 Å². The molecule has 1 unspecified atom stereocenters. The maximum atomic E-state index is 11.7. The summed E-state index contributed by atoms with van der Waals surface area (Å²) in [5.74, 6) is 1.46. The molecule has 0 spiro atoms. The number of rotatable bonds is 5. The summed E-state index contributed by atoms with van der Waals surface area (Å²) in [6.07, 6.45) is 5.63. The molecule has 1 aliphatic rings. The zero-order valence-corrected chi connectivity index (χ0v) is 10.6. The second kappa shape index (κ2) is 5.74. The van der Waals surface area contributed by atoms with Crippen molar-refractivity contribution in [3.05, 3.63) is 0 Å². The number of carboxylic acids is 1. The van der Waals surface area contributed by atoms with Crippen LogP contribution >= 0.6 is 0 Å². The first-order chi connectivity index (χ1) is 8.36. The van der Waals surface area contributed by atoms with Gasteiger partial charge in [-0.1, -0.05) is 0 Å². The number of hydrogen-bond acceptors (Lipinski definition) is 3. The number of amides is 2. The van der Waals surface area contributed by atoms with Crippen molar-refractivity contribution in [1.29, 1.82) is 0 Å². The molecule has 1 fully saturated rings. The molecule has 18 heavy (non-hydrogen) atoms. The number of nitrogens with zero attached hydrogens (tertiary/aromatic N) is 1. The molecule has 0 aromatic rings. The molecule has 2 amide bonds. The van der Waals surface area contributed by atoms with Gasteiger partial charge in [-0.15, -0.1) is 12.3 Å². The van der Waals surface area contributed by atoms with Gasteiger partial charge < -0.3 is 20.1 Å². The van der Waals surface area contributed by atoms with Gasteiger partial charge in [-0.05, 0) is 13.8 Å². The van der Waals surface area contributed by atoms with Gasteiger partial charge in [0.15, 0.2) is 0 Å². The minimum Gasteiger partial charge on any atom is -0.480 e. The van der Waals surface area contributed by atoms with Gasteiger partial charge in [-0.2, -0.15) is 0 Å². The predicted octanol–water partition coefficient (Wildman–Crippen LogP) is 0.283. The summed E-state index contributed by atoms with van der Waals surface area (Å²) < 4.78 is 5.21. The Morgan fingerprint density at radius 3 is 2.72 bits per heavy atom. The van der Waals surface area contributed by atoms with Crippen LogP contribution in [0, 0.1) is 12.3 Å². The molecule has 6 nitrogen and oxygen atoms in total. The number of nitrogens with one attached hydrogen (secondary N) is 1. The van der Waals surface area contributed by atoms with Crippen LogP contribution in [0.25, 0.3) is 0 Å². The first-order valence-corrected chi connectivity index (χ1v) is 5.71. The van der Waals surface area contributed by atoms with Crippen LogP contribution < -0.4 is 5.32 Å². The fourth-order valence-electron chi connectivity index (χ4n) is 1.76. The number of carbonyl (C=O) groups excluding carboxylic acids is 1. The minimum absolute atomic E-state index is 0.0747. The van der Waals surface area contributed by atoms with E-state index in [4.69, 9.17) is 16.3 Å². The Kier molecular flexibility index (Phi) is 4.56. The lowest BCUT2D eigenvalue weighted by Gasteiger charge is -2.47. The van der Waals surface area contributed by atoms with Crippen LogP contribution in [0.4, 0.5) is 4.79 Å². The SMILES string of the molecule is C#CCC(C)NC(=O)N1CC(C)(OCC(=O)O)C1. The van der Waals surface area contributed by atoms with E-state index in [1.165, 1.54) is 0 Å². The average Bonchev–Trinajstić information content (AvgIpc) is 2.22. The average molecular weight is 254 g/mol. The molecule has 0 bridgehead atoms. The number of ether oxygens (including phenoxy) is 1. The standard InChI is InChI=1S/C12H18N2O4/c1-4-5-9(2)13-11(17)14-7-12(3,8-14)18-6-10(15)16/h1,9H,5-8H2,2-3H3,(H,13,17)(H,15,16). The van der Waals surface area contributed by atoms with Gasteiger partial charge in [0.2, 0.25) is 0 Å². The summed E-state index contributed by atoms with van der Waals surface area (Å²) in [6, 6.07) is -0.275. The third-order valence-corrected chi connectivity index (χ3v) is 2.68. The van der Waals surface area contributed by atoms with E-state index in [2.05, 4.69) is 11.2 Å². The fourth-order valence-corrected chi connectivity index (χ4v) is 1.76. The monoisotopic (exact) mass is 254 g/mol. The van der Waals surface area contributed by atoms with Gasteiger partial charge in [0.1, 0.15) is 12.2 Å². The zero-order valence-electron chi connectivity index (χ0n) is 10.6. The largest absolute Gasteiger partial charge is 0.480 e. The van der Waals surface area contributed by atoms with Crippen molar-refractivity contribution in [3.8, 4) is 12.3 Å². The smallest absolute Gasteiger partial charge is 0.329 e. The molecule has 1 rings (SSSR count). The number of carboxylic acid groups (broad SMARTS) is 1. The third-order valence-electron chi connectivity index (χ3n) is 2.68. The van der Waals surface area contributed by atoms with Gasteiger partial charge in [0.05, 0.1) is 13.1 Å². The molecule has 0 saturated carbocycles. The van der Waals surface area contributed by atoms with Crippen molar-refractivity contribution >= 4 is 12.0 Å². The van der Waals surface area contributed by atoms with Crippen LogP contribution in [0.15, 0.2) is 0 Å². The van der Waals surface area contributed by atoms with Gasteiger partial charge >= 0.3 is 12.0 Å². The first kappa shape index (κ1) is 14.3.